The molecule has 0 aromatic heterocycles. The molecule has 0 amide bonds. The summed E-state index contributed by atoms with van der Waals surface area (Å²) in [5.74, 6) is 2.14. The maximum atomic E-state index is 4.29. The van der Waals surface area contributed by atoms with Crippen LogP contribution in [0.3, 0.4) is 0 Å². The minimum Gasteiger partial charge on any atom is -0.103 e. The van der Waals surface area contributed by atoms with E-state index in [0.29, 0.717) is 5.92 Å². The molecule has 0 nitrogen and oxygen atoms in total. The maximum Gasteiger partial charge on any atom is -0.0265 e. The van der Waals surface area contributed by atoms with Crippen LogP contribution in [0.25, 0.3) is 0 Å². The van der Waals surface area contributed by atoms with Gasteiger partial charge in [0.25, 0.3) is 0 Å². The van der Waals surface area contributed by atoms with Crippen LogP contribution in [0.4, 0.5) is 0 Å². The van der Waals surface area contributed by atoms with E-state index in [2.05, 4.69) is 72.9 Å². The van der Waals surface area contributed by atoms with E-state index in [0.717, 1.165) is 11.8 Å². The second-order valence-electron chi connectivity index (χ2n) is 8.65. The van der Waals surface area contributed by atoms with Crippen LogP contribution < -0.4 is 0 Å². The first-order chi connectivity index (χ1) is 11.7. The highest BCUT2D eigenvalue weighted by molar-refractivity contribution is 5.03. The van der Waals surface area contributed by atoms with Gasteiger partial charge in [-0.2, -0.15) is 0 Å². The van der Waals surface area contributed by atoms with Crippen molar-refractivity contribution in [1.29, 1.82) is 0 Å². The molecule has 0 heterocycles. The molecule has 0 aliphatic carbocycles. The lowest BCUT2D eigenvalue weighted by Gasteiger charge is -2.18. The monoisotopic (exact) mass is 344 g/mol. The van der Waals surface area contributed by atoms with Crippen LogP contribution >= 0.6 is 0 Å². The third kappa shape index (κ3) is 15.0. The molecular weight excluding hydrogens is 300 g/mol. The molecular formula is C25H44. The van der Waals surface area contributed by atoms with Crippen LogP contribution in [0.15, 0.2) is 48.1 Å². The van der Waals surface area contributed by atoms with Gasteiger partial charge in [-0.25, -0.2) is 0 Å². The van der Waals surface area contributed by atoms with E-state index in [-0.39, 0.29) is 0 Å². The molecule has 0 spiro atoms. The van der Waals surface area contributed by atoms with Gasteiger partial charge < -0.3 is 0 Å². The molecule has 0 N–H and O–H groups in total. The zero-order valence-electron chi connectivity index (χ0n) is 18.0. The molecule has 144 valence electrons. The first-order valence-corrected chi connectivity index (χ1v) is 10.3. The Hall–Kier alpha value is -1.04. The van der Waals surface area contributed by atoms with Crippen LogP contribution in [0.1, 0.15) is 92.9 Å². The van der Waals surface area contributed by atoms with Crippen molar-refractivity contribution in [3.05, 3.63) is 48.1 Å². The fraction of sp³-hybridized carbons (Fsp3) is 0.680. The van der Waals surface area contributed by atoms with Crippen molar-refractivity contribution in [2.45, 2.75) is 92.9 Å². The Kier molecular flexibility index (Phi) is 13.6. The van der Waals surface area contributed by atoms with Crippen molar-refractivity contribution in [2.24, 2.45) is 17.8 Å². The lowest BCUT2D eigenvalue weighted by atomic mass is 9.87. The SMILES string of the molecule is C=CC(C)CCC(CC=C(C)CCC=C(C)C)CCC(=C)CC(C)C. The average molecular weight is 345 g/mol. The summed E-state index contributed by atoms with van der Waals surface area (Å²) < 4.78 is 0. The Bertz CT molecular complexity index is 429. The number of rotatable bonds is 14. The van der Waals surface area contributed by atoms with Crippen molar-refractivity contribution in [3.8, 4) is 0 Å². The highest BCUT2D eigenvalue weighted by Gasteiger charge is 2.11. The van der Waals surface area contributed by atoms with E-state index in [1.807, 2.05) is 0 Å². The van der Waals surface area contributed by atoms with Gasteiger partial charge in [-0.15, -0.1) is 6.58 Å². The van der Waals surface area contributed by atoms with Crippen molar-refractivity contribution < 1.29 is 0 Å². The minimum atomic E-state index is 0.629. The Labute approximate surface area is 159 Å². The second-order valence-corrected chi connectivity index (χ2v) is 8.65. The summed E-state index contributed by atoms with van der Waals surface area (Å²) in [5.41, 5.74) is 4.40. The van der Waals surface area contributed by atoms with Gasteiger partial charge in [0.1, 0.15) is 0 Å². The highest BCUT2D eigenvalue weighted by atomic mass is 14.2. The third-order valence-electron chi connectivity index (χ3n) is 4.93. The van der Waals surface area contributed by atoms with Crippen LogP contribution in [-0.4, -0.2) is 0 Å². The van der Waals surface area contributed by atoms with Gasteiger partial charge in [-0.3, -0.25) is 0 Å². The van der Waals surface area contributed by atoms with Gasteiger partial charge in [0, 0.05) is 0 Å². The summed E-state index contributed by atoms with van der Waals surface area (Å²) >= 11 is 0. The minimum absolute atomic E-state index is 0.629. The van der Waals surface area contributed by atoms with Crippen molar-refractivity contribution in [2.75, 3.05) is 0 Å². The lowest BCUT2D eigenvalue weighted by Crippen LogP contribution is -2.04. The van der Waals surface area contributed by atoms with Gasteiger partial charge in [0.05, 0.1) is 0 Å². The first-order valence-electron chi connectivity index (χ1n) is 10.3. The van der Waals surface area contributed by atoms with Crippen LogP contribution in [-0.2, 0) is 0 Å². The summed E-state index contributed by atoms with van der Waals surface area (Å²) in [4.78, 5) is 0. The molecule has 0 rings (SSSR count). The van der Waals surface area contributed by atoms with Crippen LogP contribution in [0.2, 0.25) is 0 Å². The molecule has 2 atom stereocenters. The summed E-state index contributed by atoms with van der Waals surface area (Å²) in [7, 11) is 0. The van der Waals surface area contributed by atoms with Crippen LogP contribution in [0.5, 0.6) is 0 Å². The van der Waals surface area contributed by atoms with Gasteiger partial charge in [-0.1, -0.05) is 62.3 Å². The molecule has 0 saturated heterocycles. The molecule has 0 aliphatic heterocycles. The molecule has 0 fully saturated rings. The van der Waals surface area contributed by atoms with E-state index in [4.69, 9.17) is 0 Å². The number of hydrogen-bond donors (Lipinski definition) is 0. The zero-order chi connectivity index (χ0) is 19.2. The fourth-order valence-electron chi connectivity index (χ4n) is 3.14. The van der Waals surface area contributed by atoms with E-state index in [9.17, 15) is 0 Å². The van der Waals surface area contributed by atoms with Gasteiger partial charge in [-0.05, 0) is 89.9 Å². The van der Waals surface area contributed by atoms with Crippen LogP contribution in [0, 0.1) is 17.8 Å². The van der Waals surface area contributed by atoms with E-state index < -0.39 is 0 Å². The Balaban J connectivity index is 4.52. The largest absolute Gasteiger partial charge is 0.103 e. The van der Waals surface area contributed by atoms with Gasteiger partial charge in [0.2, 0.25) is 0 Å². The first kappa shape index (κ1) is 24.0. The lowest BCUT2D eigenvalue weighted by molar-refractivity contribution is 0.412. The molecule has 0 aliphatic rings. The van der Waals surface area contributed by atoms with Crippen molar-refractivity contribution in [3.63, 3.8) is 0 Å². The smallest absolute Gasteiger partial charge is 0.0265 e. The predicted molar refractivity (Wildman–Crippen MR) is 117 cm³/mol. The standard InChI is InChI=1S/C25H44/c1-9-22(6)13-16-25(18-15-24(8)19-21(4)5)17-14-23(7)12-10-11-20(2)3/h9,11,14,21-22,25H,1,8,10,12-13,15-19H2,2-7H3. The maximum absolute atomic E-state index is 4.29. The molecule has 0 aromatic carbocycles. The van der Waals surface area contributed by atoms with E-state index in [1.165, 1.54) is 62.5 Å². The predicted octanol–water partition coefficient (Wildman–Crippen LogP) is 8.67. The van der Waals surface area contributed by atoms with Gasteiger partial charge in [0.15, 0.2) is 0 Å². The normalized spacial score (nSPS) is 14.3. The molecule has 25 heavy (non-hydrogen) atoms. The summed E-state index contributed by atoms with van der Waals surface area (Å²) in [5, 5.41) is 0. The zero-order valence-corrected chi connectivity index (χ0v) is 18.0. The summed E-state index contributed by atoms with van der Waals surface area (Å²) in [6.45, 7) is 21.7. The van der Waals surface area contributed by atoms with E-state index in [1.54, 1.807) is 5.57 Å². The Morgan fingerprint density at radius 1 is 0.920 bits per heavy atom. The Morgan fingerprint density at radius 2 is 1.60 bits per heavy atom. The number of hydrogen-bond acceptors (Lipinski definition) is 0. The quantitative estimate of drug-likeness (QED) is 0.276. The average Bonchev–Trinajstić information content (AvgIpc) is 2.52. The molecule has 0 saturated carbocycles. The Morgan fingerprint density at radius 3 is 2.16 bits per heavy atom. The topological polar surface area (TPSA) is 0 Å². The molecule has 0 bridgehead atoms. The number of allylic oxidation sites excluding steroid dienone is 6. The fourth-order valence-corrected chi connectivity index (χ4v) is 3.14. The van der Waals surface area contributed by atoms with E-state index >= 15 is 0 Å². The third-order valence-corrected chi connectivity index (χ3v) is 4.93. The van der Waals surface area contributed by atoms with Crippen molar-refractivity contribution >= 4 is 0 Å². The van der Waals surface area contributed by atoms with Crippen molar-refractivity contribution in [1.82, 2.24) is 0 Å². The molecule has 0 radical (unpaired) electrons. The molecule has 2 unspecified atom stereocenters. The summed E-state index contributed by atoms with van der Waals surface area (Å²) in [6.07, 6.45) is 16.7. The van der Waals surface area contributed by atoms with Gasteiger partial charge >= 0.3 is 0 Å². The highest BCUT2D eigenvalue weighted by Crippen LogP contribution is 2.26. The molecule has 0 heteroatoms. The second kappa shape index (κ2) is 14.2. The molecule has 0 aromatic rings. The summed E-state index contributed by atoms with van der Waals surface area (Å²) in [6, 6.07) is 0.